The van der Waals surface area contributed by atoms with E-state index in [2.05, 4.69) is 0 Å². The molecular formula is C12H16N2O5S. The molecule has 1 aromatic rings. The van der Waals surface area contributed by atoms with Crippen LogP contribution in [0.5, 0.6) is 0 Å². The summed E-state index contributed by atoms with van der Waals surface area (Å²) >= 11 is 0. The monoisotopic (exact) mass is 300 g/mol. The number of anilines is 1. The van der Waals surface area contributed by atoms with Crippen LogP contribution in [-0.4, -0.2) is 43.9 Å². The van der Waals surface area contributed by atoms with Crippen molar-refractivity contribution in [2.24, 2.45) is 0 Å². The van der Waals surface area contributed by atoms with Gasteiger partial charge in [0.2, 0.25) is 0 Å². The second-order valence-corrected chi connectivity index (χ2v) is 6.84. The van der Waals surface area contributed by atoms with Crippen LogP contribution in [-0.2, 0) is 9.84 Å². The summed E-state index contributed by atoms with van der Waals surface area (Å²) in [6, 6.07) is 3.99. The highest BCUT2D eigenvalue weighted by Crippen LogP contribution is 2.32. The van der Waals surface area contributed by atoms with Crippen molar-refractivity contribution in [2.75, 3.05) is 24.3 Å². The van der Waals surface area contributed by atoms with E-state index in [0.29, 0.717) is 12.2 Å². The fraction of sp³-hybridized carbons (Fsp3) is 0.500. The van der Waals surface area contributed by atoms with Gasteiger partial charge in [0.15, 0.2) is 9.84 Å². The van der Waals surface area contributed by atoms with E-state index >= 15 is 0 Å². The molecule has 1 aliphatic rings. The van der Waals surface area contributed by atoms with Gasteiger partial charge in [-0.3, -0.25) is 10.1 Å². The first-order valence-corrected chi connectivity index (χ1v) is 8.09. The van der Waals surface area contributed by atoms with E-state index < -0.39 is 20.4 Å². The molecule has 1 saturated heterocycles. The van der Waals surface area contributed by atoms with E-state index in [9.17, 15) is 23.6 Å². The number of sulfone groups is 1. The number of rotatable bonds is 4. The lowest BCUT2D eigenvalue weighted by Crippen LogP contribution is -2.32. The van der Waals surface area contributed by atoms with Gasteiger partial charge in [-0.2, -0.15) is 0 Å². The minimum atomic E-state index is -3.69. The van der Waals surface area contributed by atoms with Crippen molar-refractivity contribution in [1.29, 1.82) is 0 Å². The largest absolute Gasteiger partial charge is 0.394 e. The normalized spacial score (nSPS) is 19.3. The van der Waals surface area contributed by atoms with E-state index in [1.54, 1.807) is 0 Å². The van der Waals surface area contributed by atoms with Gasteiger partial charge in [-0.05, 0) is 25.0 Å². The summed E-state index contributed by atoms with van der Waals surface area (Å²) in [6.07, 6.45) is 2.67. The SMILES string of the molecule is CS(=O)(=O)c1cc(N2CCCC2CO)ccc1[N+](=O)[O-]. The fourth-order valence-corrected chi connectivity index (χ4v) is 3.35. The van der Waals surface area contributed by atoms with Crippen molar-refractivity contribution in [2.45, 2.75) is 23.8 Å². The molecule has 1 unspecified atom stereocenters. The topological polar surface area (TPSA) is 101 Å². The number of nitrogens with zero attached hydrogens (tertiary/aromatic N) is 2. The van der Waals surface area contributed by atoms with Crippen LogP contribution in [0.15, 0.2) is 23.1 Å². The van der Waals surface area contributed by atoms with Gasteiger partial charge in [0, 0.05) is 24.6 Å². The molecule has 1 N–H and O–H groups in total. The maximum absolute atomic E-state index is 11.7. The van der Waals surface area contributed by atoms with Crippen LogP contribution in [0.3, 0.4) is 0 Å². The highest BCUT2D eigenvalue weighted by atomic mass is 32.2. The predicted molar refractivity (Wildman–Crippen MR) is 73.7 cm³/mol. The number of aliphatic hydroxyl groups excluding tert-OH is 1. The third kappa shape index (κ3) is 2.75. The van der Waals surface area contributed by atoms with Crippen LogP contribution in [0.1, 0.15) is 12.8 Å². The van der Waals surface area contributed by atoms with Crippen LogP contribution >= 0.6 is 0 Å². The Kier molecular flexibility index (Phi) is 3.96. The predicted octanol–water partition coefficient (Wildman–Crippen LogP) is 0.959. The van der Waals surface area contributed by atoms with Crippen molar-refractivity contribution in [3.63, 3.8) is 0 Å². The minimum Gasteiger partial charge on any atom is -0.394 e. The third-order valence-corrected chi connectivity index (χ3v) is 4.59. The summed E-state index contributed by atoms with van der Waals surface area (Å²) in [5, 5.41) is 20.2. The molecule has 0 aromatic heterocycles. The number of nitro groups is 1. The Morgan fingerprint density at radius 2 is 2.20 bits per heavy atom. The molecule has 1 atom stereocenters. The number of aliphatic hydroxyl groups is 1. The van der Waals surface area contributed by atoms with Crippen molar-refractivity contribution < 1.29 is 18.4 Å². The number of hydrogen-bond acceptors (Lipinski definition) is 6. The molecule has 0 radical (unpaired) electrons. The molecule has 1 fully saturated rings. The molecule has 0 aliphatic carbocycles. The molecule has 0 spiro atoms. The maximum atomic E-state index is 11.7. The van der Waals surface area contributed by atoms with Crippen molar-refractivity contribution in [1.82, 2.24) is 0 Å². The lowest BCUT2D eigenvalue weighted by atomic mass is 10.2. The molecule has 1 aliphatic heterocycles. The lowest BCUT2D eigenvalue weighted by Gasteiger charge is -2.25. The summed E-state index contributed by atoms with van der Waals surface area (Å²) in [6.45, 7) is 0.678. The van der Waals surface area contributed by atoms with Crippen LogP contribution in [0.2, 0.25) is 0 Å². The summed E-state index contributed by atoms with van der Waals surface area (Å²) in [7, 11) is -3.69. The van der Waals surface area contributed by atoms with E-state index in [1.807, 2.05) is 4.90 Å². The van der Waals surface area contributed by atoms with Crippen molar-refractivity contribution in [3.8, 4) is 0 Å². The van der Waals surface area contributed by atoms with Crippen LogP contribution in [0.25, 0.3) is 0 Å². The summed E-state index contributed by atoms with van der Waals surface area (Å²) in [5.74, 6) is 0. The van der Waals surface area contributed by atoms with E-state index in [4.69, 9.17) is 0 Å². The molecule has 0 saturated carbocycles. The average molecular weight is 300 g/mol. The van der Waals surface area contributed by atoms with Crippen LogP contribution in [0.4, 0.5) is 11.4 Å². The quantitative estimate of drug-likeness (QED) is 0.656. The number of hydrogen-bond donors (Lipinski definition) is 1. The molecule has 110 valence electrons. The Labute approximate surface area is 116 Å². The van der Waals surface area contributed by atoms with Gasteiger partial charge in [0.1, 0.15) is 4.90 Å². The van der Waals surface area contributed by atoms with Crippen LogP contribution in [0, 0.1) is 10.1 Å². The van der Waals surface area contributed by atoms with Gasteiger partial charge in [-0.15, -0.1) is 0 Å². The third-order valence-electron chi connectivity index (χ3n) is 3.46. The molecule has 0 amide bonds. The van der Waals surface area contributed by atoms with Gasteiger partial charge in [-0.25, -0.2) is 8.42 Å². The zero-order valence-electron chi connectivity index (χ0n) is 11.0. The number of nitro benzene ring substituents is 1. The summed E-state index contributed by atoms with van der Waals surface area (Å²) in [5.41, 5.74) is 0.170. The lowest BCUT2D eigenvalue weighted by molar-refractivity contribution is -0.387. The standard InChI is InChI=1S/C12H16N2O5S/c1-20(18,19)12-7-9(4-5-11(12)14(16)17)13-6-2-3-10(13)8-15/h4-5,7,10,15H,2-3,6,8H2,1H3. The maximum Gasteiger partial charge on any atom is 0.288 e. The second-order valence-electron chi connectivity index (χ2n) is 4.85. The second kappa shape index (κ2) is 5.37. The molecule has 1 aromatic carbocycles. The van der Waals surface area contributed by atoms with Gasteiger partial charge in [-0.1, -0.05) is 0 Å². The molecular weight excluding hydrogens is 284 g/mol. The first-order valence-electron chi connectivity index (χ1n) is 6.20. The Balaban J connectivity index is 2.50. The average Bonchev–Trinajstić information content (AvgIpc) is 2.85. The highest BCUT2D eigenvalue weighted by Gasteiger charge is 2.28. The molecule has 2 rings (SSSR count). The zero-order chi connectivity index (χ0) is 14.9. The molecule has 20 heavy (non-hydrogen) atoms. The van der Waals surface area contributed by atoms with Gasteiger partial charge >= 0.3 is 0 Å². The Bertz CT molecular complexity index is 629. The van der Waals surface area contributed by atoms with Crippen LogP contribution < -0.4 is 4.90 Å². The van der Waals surface area contributed by atoms with E-state index in [0.717, 1.165) is 19.1 Å². The fourth-order valence-electron chi connectivity index (χ4n) is 2.49. The summed E-state index contributed by atoms with van der Waals surface area (Å²) in [4.78, 5) is 11.8. The Morgan fingerprint density at radius 3 is 2.75 bits per heavy atom. The van der Waals surface area contributed by atoms with Gasteiger partial charge < -0.3 is 10.0 Å². The van der Waals surface area contributed by atoms with Crippen molar-refractivity contribution in [3.05, 3.63) is 28.3 Å². The Morgan fingerprint density at radius 1 is 1.50 bits per heavy atom. The van der Waals surface area contributed by atoms with Gasteiger partial charge in [0.05, 0.1) is 17.6 Å². The molecule has 8 heteroatoms. The van der Waals surface area contributed by atoms with Crippen molar-refractivity contribution >= 4 is 21.2 Å². The smallest absolute Gasteiger partial charge is 0.288 e. The number of benzene rings is 1. The van der Waals surface area contributed by atoms with E-state index in [-0.39, 0.29) is 17.5 Å². The molecule has 1 heterocycles. The zero-order valence-corrected chi connectivity index (χ0v) is 11.8. The Hall–Kier alpha value is -1.67. The molecule has 7 nitrogen and oxygen atoms in total. The first-order chi connectivity index (χ1) is 9.34. The van der Waals surface area contributed by atoms with E-state index in [1.165, 1.54) is 18.2 Å². The van der Waals surface area contributed by atoms with Gasteiger partial charge in [0.25, 0.3) is 5.69 Å². The molecule has 0 bridgehead atoms. The summed E-state index contributed by atoms with van der Waals surface area (Å²) < 4.78 is 23.4. The minimum absolute atomic E-state index is 0.0226. The first kappa shape index (κ1) is 14.7. The highest BCUT2D eigenvalue weighted by molar-refractivity contribution is 7.90.